The van der Waals surface area contributed by atoms with Crippen LogP contribution in [-0.2, 0) is 30.4 Å². The highest BCUT2D eigenvalue weighted by Gasteiger charge is 2.39. The first-order chi connectivity index (χ1) is 16.0. The minimum absolute atomic E-state index is 0.0316. The summed E-state index contributed by atoms with van der Waals surface area (Å²) in [7, 11) is 0. The van der Waals surface area contributed by atoms with Crippen molar-refractivity contribution < 1.29 is 34.2 Å². The van der Waals surface area contributed by atoms with Crippen LogP contribution in [0.2, 0.25) is 0 Å². The summed E-state index contributed by atoms with van der Waals surface area (Å²) < 4.78 is 0. The van der Waals surface area contributed by atoms with Gasteiger partial charge < -0.3 is 37.2 Å². The van der Waals surface area contributed by atoms with Crippen LogP contribution in [0.25, 0.3) is 0 Å². The van der Waals surface area contributed by atoms with Crippen LogP contribution >= 0.6 is 0 Å². The van der Waals surface area contributed by atoms with Crippen molar-refractivity contribution in [2.45, 2.75) is 62.9 Å². The summed E-state index contributed by atoms with van der Waals surface area (Å²) in [5.41, 5.74) is 11.6. The smallest absolute Gasteiger partial charge is 0.326 e. The molecule has 0 spiro atoms. The second kappa shape index (κ2) is 12.1. The second-order valence-electron chi connectivity index (χ2n) is 8.28. The van der Waals surface area contributed by atoms with Crippen molar-refractivity contribution in [3.8, 4) is 0 Å². The summed E-state index contributed by atoms with van der Waals surface area (Å²) in [6, 6.07) is 3.75. The van der Waals surface area contributed by atoms with Crippen LogP contribution in [0.1, 0.15) is 31.7 Å². The van der Waals surface area contributed by atoms with Gasteiger partial charge in [0.05, 0.1) is 12.5 Å². The molecule has 1 aliphatic rings. The molecule has 1 aromatic carbocycles. The zero-order valence-corrected chi connectivity index (χ0v) is 18.8. The SMILES string of the molecule is CC(O)C(N)C(=O)NC(Cc1ccccc1)C(=O)NC(CC(N)=O)C(=O)N1CCCC1C(=O)O. The zero-order valence-electron chi connectivity index (χ0n) is 18.8. The van der Waals surface area contributed by atoms with Crippen molar-refractivity contribution in [1.82, 2.24) is 15.5 Å². The highest BCUT2D eigenvalue weighted by atomic mass is 16.4. The number of nitrogens with zero attached hydrogens (tertiary/aromatic N) is 1. The number of aliphatic carboxylic acids is 1. The Balaban J connectivity index is 2.25. The van der Waals surface area contributed by atoms with Crippen molar-refractivity contribution in [3.63, 3.8) is 0 Å². The fourth-order valence-corrected chi connectivity index (χ4v) is 3.71. The van der Waals surface area contributed by atoms with Gasteiger partial charge in [0.2, 0.25) is 23.6 Å². The van der Waals surface area contributed by atoms with Gasteiger partial charge in [-0.15, -0.1) is 0 Å². The van der Waals surface area contributed by atoms with Crippen molar-refractivity contribution in [2.24, 2.45) is 11.5 Å². The topological polar surface area (TPSA) is 205 Å². The molecule has 0 aromatic heterocycles. The molecule has 1 aliphatic heterocycles. The summed E-state index contributed by atoms with van der Waals surface area (Å²) in [6.45, 7) is 1.49. The lowest BCUT2D eigenvalue weighted by Crippen LogP contribution is -2.59. The van der Waals surface area contributed by atoms with E-state index in [0.29, 0.717) is 12.0 Å². The Morgan fingerprint density at radius 3 is 2.26 bits per heavy atom. The van der Waals surface area contributed by atoms with Gasteiger partial charge in [-0.05, 0) is 25.3 Å². The molecule has 0 aliphatic carbocycles. The lowest BCUT2D eigenvalue weighted by Gasteiger charge is -2.28. The number of hydrogen-bond donors (Lipinski definition) is 6. The summed E-state index contributed by atoms with van der Waals surface area (Å²) in [5, 5.41) is 23.9. The maximum atomic E-state index is 13.1. The molecule has 4 amide bonds. The number of rotatable bonds is 11. The number of nitrogens with one attached hydrogen (secondary N) is 2. The zero-order chi connectivity index (χ0) is 25.4. The minimum Gasteiger partial charge on any atom is -0.480 e. The molecule has 2 rings (SSSR count). The van der Waals surface area contributed by atoms with E-state index in [0.717, 1.165) is 4.90 Å². The van der Waals surface area contributed by atoms with E-state index in [1.54, 1.807) is 30.3 Å². The fraction of sp³-hybridized carbons (Fsp3) is 0.500. The van der Waals surface area contributed by atoms with E-state index in [9.17, 15) is 34.2 Å². The number of primary amides is 1. The van der Waals surface area contributed by atoms with Gasteiger partial charge in [0, 0.05) is 13.0 Å². The van der Waals surface area contributed by atoms with E-state index in [1.165, 1.54) is 6.92 Å². The van der Waals surface area contributed by atoms with Gasteiger partial charge in [-0.1, -0.05) is 30.3 Å². The molecule has 12 nitrogen and oxygen atoms in total. The van der Waals surface area contributed by atoms with Crippen molar-refractivity contribution >= 4 is 29.6 Å². The molecule has 0 radical (unpaired) electrons. The van der Waals surface area contributed by atoms with E-state index >= 15 is 0 Å². The fourth-order valence-electron chi connectivity index (χ4n) is 3.71. The number of carboxylic acids is 1. The number of carbonyl (C=O) groups is 5. The minimum atomic E-state index is -1.41. The van der Waals surface area contributed by atoms with Gasteiger partial charge in [0.25, 0.3) is 0 Å². The third-order valence-corrected chi connectivity index (χ3v) is 5.58. The van der Waals surface area contributed by atoms with Crippen molar-refractivity contribution in [1.29, 1.82) is 0 Å². The predicted molar refractivity (Wildman–Crippen MR) is 120 cm³/mol. The lowest BCUT2D eigenvalue weighted by atomic mass is 10.0. The Labute approximate surface area is 196 Å². The normalized spacial score (nSPS) is 18.9. The van der Waals surface area contributed by atoms with Crippen LogP contribution < -0.4 is 22.1 Å². The second-order valence-corrected chi connectivity index (χ2v) is 8.28. The Bertz CT molecular complexity index is 908. The van der Waals surface area contributed by atoms with E-state index in [4.69, 9.17) is 11.5 Å². The standard InChI is InChI=1S/C22H31N5O7/c1-12(28)18(24)20(31)25-14(10-13-6-3-2-4-7-13)19(30)26-15(11-17(23)29)21(32)27-9-5-8-16(27)22(33)34/h2-4,6-7,12,14-16,18,28H,5,8-11,24H2,1H3,(H2,23,29)(H,25,31)(H,26,30)(H,33,34). The molecular weight excluding hydrogens is 446 g/mol. The van der Waals surface area contributed by atoms with E-state index in [1.807, 2.05) is 0 Å². The number of benzene rings is 1. The summed E-state index contributed by atoms with van der Waals surface area (Å²) in [6.07, 6.45) is -0.976. The van der Waals surface area contributed by atoms with Crippen LogP contribution in [0, 0.1) is 0 Å². The Kier molecular flexibility index (Phi) is 9.51. The van der Waals surface area contributed by atoms with Crippen LogP contribution in [0.3, 0.4) is 0 Å². The highest BCUT2D eigenvalue weighted by Crippen LogP contribution is 2.19. The molecule has 1 saturated heterocycles. The first kappa shape index (κ1) is 26.7. The quantitative estimate of drug-likeness (QED) is 0.207. The molecule has 5 atom stereocenters. The number of carboxylic acid groups (broad SMARTS) is 1. The third-order valence-electron chi connectivity index (χ3n) is 5.58. The summed E-state index contributed by atoms with van der Waals surface area (Å²) >= 11 is 0. The van der Waals surface area contributed by atoms with Crippen LogP contribution in [-0.4, -0.2) is 81.5 Å². The van der Waals surface area contributed by atoms with Gasteiger partial charge in [0.15, 0.2) is 0 Å². The number of hydrogen-bond acceptors (Lipinski definition) is 7. The molecular formula is C22H31N5O7. The average Bonchev–Trinajstić information content (AvgIpc) is 3.27. The van der Waals surface area contributed by atoms with E-state index in [2.05, 4.69) is 10.6 Å². The number of carbonyl (C=O) groups excluding carboxylic acids is 4. The van der Waals surface area contributed by atoms with Gasteiger partial charge >= 0.3 is 5.97 Å². The Morgan fingerprint density at radius 2 is 1.71 bits per heavy atom. The number of nitrogens with two attached hydrogens (primary N) is 2. The maximum absolute atomic E-state index is 13.1. The molecule has 12 heteroatoms. The Morgan fingerprint density at radius 1 is 1.09 bits per heavy atom. The number of likely N-dealkylation sites (tertiary alicyclic amines) is 1. The number of aliphatic hydroxyl groups is 1. The van der Waals surface area contributed by atoms with E-state index < -0.39 is 66.3 Å². The Hall–Kier alpha value is -3.51. The molecule has 5 unspecified atom stereocenters. The van der Waals surface area contributed by atoms with Gasteiger partial charge in [-0.2, -0.15) is 0 Å². The molecule has 1 heterocycles. The lowest BCUT2D eigenvalue weighted by molar-refractivity contribution is -0.149. The van der Waals surface area contributed by atoms with Crippen LogP contribution in [0.4, 0.5) is 0 Å². The summed E-state index contributed by atoms with van der Waals surface area (Å²) in [5.74, 6) is -4.38. The van der Waals surface area contributed by atoms with Gasteiger partial charge in [-0.3, -0.25) is 19.2 Å². The molecule has 8 N–H and O–H groups in total. The van der Waals surface area contributed by atoms with Crippen LogP contribution in [0.5, 0.6) is 0 Å². The summed E-state index contributed by atoms with van der Waals surface area (Å²) in [4.78, 5) is 62.8. The molecule has 0 bridgehead atoms. The van der Waals surface area contributed by atoms with Gasteiger partial charge in [0.1, 0.15) is 24.2 Å². The largest absolute Gasteiger partial charge is 0.480 e. The number of aliphatic hydroxyl groups excluding tert-OH is 1. The van der Waals surface area contributed by atoms with Gasteiger partial charge in [-0.25, -0.2) is 4.79 Å². The monoisotopic (exact) mass is 477 g/mol. The van der Waals surface area contributed by atoms with Crippen LogP contribution in [0.15, 0.2) is 30.3 Å². The molecule has 186 valence electrons. The average molecular weight is 478 g/mol. The third kappa shape index (κ3) is 7.25. The molecule has 1 fully saturated rings. The van der Waals surface area contributed by atoms with E-state index in [-0.39, 0.29) is 19.4 Å². The van der Waals surface area contributed by atoms with Crippen molar-refractivity contribution in [2.75, 3.05) is 6.54 Å². The molecule has 0 saturated carbocycles. The first-order valence-corrected chi connectivity index (χ1v) is 10.9. The first-order valence-electron chi connectivity index (χ1n) is 10.9. The maximum Gasteiger partial charge on any atom is 0.326 e. The molecule has 34 heavy (non-hydrogen) atoms. The highest BCUT2D eigenvalue weighted by molar-refractivity contribution is 5.96. The van der Waals surface area contributed by atoms with Crippen molar-refractivity contribution in [3.05, 3.63) is 35.9 Å². The number of amides is 4. The predicted octanol–water partition coefficient (Wildman–Crippen LogP) is -2.14. The molecule has 1 aromatic rings.